The molecule has 0 spiro atoms. The van der Waals surface area contributed by atoms with E-state index < -0.39 is 5.82 Å². The molecule has 1 aromatic carbocycles. The van der Waals surface area contributed by atoms with Crippen molar-refractivity contribution in [2.45, 2.75) is 5.16 Å². The first kappa shape index (κ1) is 14.1. The molecule has 0 radical (unpaired) electrons. The standard InChI is InChI=1S/C13H10FN3O2S/c1-20-13-15-7-6-12(17-13)19-16-8-11(18)9-2-4-10(14)5-3-9/h2-8H,1H3/b16-8+. The number of halogens is 1. The lowest BCUT2D eigenvalue weighted by Gasteiger charge is -1.98. The molecule has 1 aromatic heterocycles. The van der Waals surface area contributed by atoms with E-state index in [2.05, 4.69) is 15.1 Å². The number of hydrogen-bond acceptors (Lipinski definition) is 6. The Morgan fingerprint density at radius 1 is 1.35 bits per heavy atom. The van der Waals surface area contributed by atoms with Crippen molar-refractivity contribution in [1.29, 1.82) is 0 Å². The van der Waals surface area contributed by atoms with Crippen molar-refractivity contribution in [1.82, 2.24) is 9.97 Å². The van der Waals surface area contributed by atoms with Crippen LogP contribution in [0.25, 0.3) is 0 Å². The Labute approximate surface area is 118 Å². The van der Waals surface area contributed by atoms with Crippen LogP contribution in [0.15, 0.2) is 46.8 Å². The Balaban J connectivity index is 1.99. The fourth-order valence-corrected chi connectivity index (χ4v) is 1.64. The number of carbonyl (C=O) groups excluding carboxylic acids is 1. The number of nitrogens with zero attached hydrogens (tertiary/aromatic N) is 3. The highest BCUT2D eigenvalue weighted by molar-refractivity contribution is 7.98. The van der Waals surface area contributed by atoms with Crippen LogP contribution in [0.5, 0.6) is 5.88 Å². The molecular formula is C13H10FN3O2S. The van der Waals surface area contributed by atoms with Gasteiger partial charge in [0, 0.05) is 17.8 Å². The van der Waals surface area contributed by atoms with Crippen LogP contribution in [0.1, 0.15) is 10.4 Å². The molecule has 5 nitrogen and oxygen atoms in total. The predicted molar refractivity (Wildman–Crippen MR) is 73.7 cm³/mol. The third-order valence-electron chi connectivity index (χ3n) is 2.24. The number of rotatable bonds is 5. The zero-order valence-corrected chi connectivity index (χ0v) is 11.3. The van der Waals surface area contributed by atoms with Crippen LogP contribution in [0.4, 0.5) is 4.39 Å². The quantitative estimate of drug-likeness (QED) is 0.278. The minimum Gasteiger partial charge on any atom is -0.336 e. The van der Waals surface area contributed by atoms with Crippen molar-refractivity contribution in [3.8, 4) is 5.88 Å². The van der Waals surface area contributed by atoms with E-state index in [1.165, 1.54) is 48.3 Å². The zero-order valence-electron chi connectivity index (χ0n) is 10.5. The maximum Gasteiger partial charge on any atom is 0.252 e. The number of carbonyl (C=O) groups is 1. The van der Waals surface area contributed by atoms with Crippen LogP contribution in [0.2, 0.25) is 0 Å². The lowest BCUT2D eigenvalue weighted by molar-refractivity contribution is 0.106. The molecule has 20 heavy (non-hydrogen) atoms. The molecule has 7 heteroatoms. The van der Waals surface area contributed by atoms with Crippen molar-refractivity contribution in [2.24, 2.45) is 5.16 Å². The van der Waals surface area contributed by atoms with Crippen molar-refractivity contribution < 1.29 is 14.0 Å². The van der Waals surface area contributed by atoms with E-state index >= 15 is 0 Å². The summed E-state index contributed by atoms with van der Waals surface area (Å²) in [6.07, 6.45) is 4.38. The van der Waals surface area contributed by atoms with Gasteiger partial charge in [0.15, 0.2) is 5.16 Å². The van der Waals surface area contributed by atoms with E-state index in [1.807, 2.05) is 6.26 Å². The summed E-state index contributed by atoms with van der Waals surface area (Å²) in [5.41, 5.74) is 0.325. The first-order valence-electron chi connectivity index (χ1n) is 5.56. The lowest BCUT2D eigenvalue weighted by Crippen LogP contribution is -2.02. The Morgan fingerprint density at radius 3 is 2.80 bits per heavy atom. The average Bonchev–Trinajstić information content (AvgIpc) is 2.48. The summed E-state index contributed by atoms with van der Waals surface area (Å²) in [5, 5.41) is 4.09. The van der Waals surface area contributed by atoms with E-state index in [0.29, 0.717) is 10.7 Å². The molecule has 2 aromatic rings. The topological polar surface area (TPSA) is 64.4 Å². The van der Waals surface area contributed by atoms with Crippen molar-refractivity contribution in [3.63, 3.8) is 0 Å². The SMILES string of the molecule is CSc1nccc(O/N=C/C(=O)c2ccc(F)cc2)n1. The molecule has 0 saturated heterocycles. The number of Topliss-reactive ketones (excluding diaryl/α,β-unsaturated/α-hetero) is 1. The van der Waals surface area contributed by atoms with Crippen molar-refractivity contribution >= 4 is 23.8 Å². The fourth-order valence-electron chi connectivity index (χ4n) is 1.29. The van der Waals surface area contributed by atoms with Gasteiger partial charge in [0.25, 0.3) is 5.88 Å². The van der Waals surface area contributed by atoms with E-state index in [1.54, 1.807) is 0 Å². The molecule has 1 heterocycles. The summed E-state index contributed by atoms with van der Waals surface area (Å²) in [4.78, 5) is 24.7. The third-order valence-corrected chi connectivity index (χ3v) is 2.80. The van der Waals surface area contributed by atoms with Gasteiger partial charge in [0.1, 0.15) is 12.0 Å². The Kier molecular flexibility index (Phi) is 4.78. The number of oxime groups is 1. The normalized spacial score (nSPS) is 10.7. The van der Waals surface area contributed by atoms with Crippen LogP contribution >= 0.6 is 11.8 Å². The summed E-state index contributed by atoms with van der Waals surface area (Å²) >= 11 is 1.36. The summed E-state index contributed by atoms with van der Waals surface area (Å²) in [6.45, 7) is 0. The first-order chi connectivity index (χ1) is 9.69. The molecule has 0 bridgehead atoms. The van der Waals surface area contributed by atoms with Gasteiger partial charge in [0.05, 0.1) is 0 Å². The molecule has 0 aliphatic rings. The van der Waals surface area contributed by atoms with Crippen LogP contribution in [0, 0.1) is 5.82 Å². The summed E-state index contributed by atoms with van der Waals surface area (Å²) < 4.78 is 12.7. The number of ketones is 1. The number of aromatic nitrogens is 2. The molecule has 2 rings (SSSR count). The van der Waals surface area contributed by atoms with Gasteiger partial charge in [-0.3, -0.25) is 4.79 Å². The Morgan fingerprint density at radius 2 is 2.10 bits per heavy atom. The van der Waals surface area contributed by atoms with Gasteiger partial charge in [-0.15, -0.1) is 0 Å². The smallest absolute Gasteiger partial charge is 0.252 e. The fraction of sp³-hybridized carbons (Fsp3) is 0.0769. The zero-order chi connectivity index (χ0) is 14.4. The maximum atomic E-state index is 12.7. The van der Waals surface area contributed by atoms with Crippen LogP contribution in [-0.2, 0) is 0 Å². The number of hydrogen-bond donors (Lipinski definition) is 0. The molecule has 0 aliphatic carbocycles. The largest absolute Gasteiger partial charge is 0.336 e. The second kappa shape index (κ2) is 6.76. The van der Waals surface area contributed by atoms with Gasteiger partial charge >= 0.3 is 0 Å². The van der Waals surface area contributed by atoms with Gasteiger partial charge < -0.3 is 4.84 Å². The monoisotopic (exact) mass is 291 g/mol. The van der Waals surface area contributed by atoms with Gasteiger partial charge in [-0.05, 0) is 30.5 Å². The summed E-state index contributed by atoms with van der Waals surface area (Å²) in [6, 6.07) is 6.69. The second-order valence-corrected chi connectivity index (χ2v) is 4.35. The van der Waals surface area contributed by atoms with Crippen molar-refractivity contribution in [3.05, 3.63) is 47.9 Å². The average molecular weight is 291 g/mol. The Bertz CT molecular complexity index is 632. The molecule has 0 aliphatic heterocycles. The van der Waals surface area contributed by atoms with Gasteiger partial charge in [-0.1, -0.05) is 16.9 Å². The van der Waals surface area contributed by atoms with Gasteiger partial charge in [-0.2, -0.15) is 4.98 Å². The molecular weight excluding hydrogens is 281 g/mol. The minimum atomic E-state index is -0.402. The highest BCUT2D eigenvalue weighted by Crippen LogP contribution is 2.12. The van der Waals surface area contributed by atoms with Crippen LogP contribution in [-0.4, -0.2) is 28.2 Å². The first-order valence-corrected chi connectivity index (χ1v) is 6.79. The minimum absolute atomic E-state index is 0.243. The molecule has 0 N–H and O–H groups in total. The summed E-state index contributed by atoms with van der Waals surface area (Å²) in [5.74, 6) is -0.544. The third kappa shape index (κ3) is 3.86. The Hall–Kier alpha value is -2.28. The second-order valence-electron chi connectivity index (χ2n) is 3.58. The highest BCUT2D eigenvalue weighted by atomic mass is 32.2. The molecule has 0 amide bonds. The van der Waals surface area contributed by atoms with E-state index in [-0.39, 0.29) is 11.7 Å². The molecule has 0 atom stereocenters. The van der Waals surface area contributed by atoms with E-state index in [0.717, 1.165) is 6.21 Å². The molecule has 102 valence electrons. The number of thioether (sulfide) groups is 1. The van der Waals surface area contributed by atoms with Gasteiger partial charge in [0.2, 0.25) is 5.78 Å². The van der Waals surface area contributed by atoms with Gasteiger partial charge in [-0.25, -0.2) is 9.37 Å². The summed E-state index contributed by atoms with van der Waals surface area (Å²) in [7, 11) is 0. The predicted octanol–water partition coefficient (Wildman–Crippen LogP) is 2.59. The highest BCUT2D eigenvalue weighted by Gasteiger charge is 2.03. The van der Waals surface area contributed by atoms with Crippen LogP contribution in [0.3, 0.4) is 0 Å². The lowest BCUT2D eigenvalue weighted by atomic mass is 10.1. The molecule has 0 unspecified atom stereocenters. The van der Waals surface area contributed by atoms with Crippen molar-refractivity contribution in [2.75, 3.05) is 6.26 Å². The number of benzene rings is 1. The molecule has 0 fully saturated rings. The molecule has 0 saturated carbocycles. The van der Waals surface area contributed by atoms with Crippen LogP contribution < -0.4 is 4.84 Å². The maximum absolute atomic E-state index is 12.7. The van der Waals surface area contributed by atoms with E-state index in [4.69, 9.17) is 4.84 Å². The van der Waals surface area contributed by atoms with E-state index in [9.17, 15) is 9.18 Å².